The van der Waals surface area contributed by atoms with E-state index in [4.69, 9.17) is 5.11 Å². The van der Waals surface area contributed by atoms with Crippen LogP contribution in [0.2, 0.25) is 0 Å². The highest BCUT2D eigenvalue weighted by Gasteiger charge is 2.22. The van der Waals surface area contributed by atoms with E-state index >= 15 is 0 Å². The Morgan fingerprint density at radius 3 is 3.05 bits per heavy atom. The van der Waals surface area contributed by atoms with Gasteiger partial charge in [-0.15, -0.1) is 11.3 Å². The molecule has 0 aliphatic heterocycles. The minimum Gasteiger partial charge on any atom is -0.478 e. The SMILES string of the molecule is O=C(O)/C=C/c1cnc(/C=C/c2ccnn2CC2CC2)s1. The molecule has 2 aromatic heterocycles. The molecule has 5 nitrogen and oxygen atoms in total. The van der Waals surface area contributed by atoms with Gasteiger partial charge in [-0.3, -0.25) is 4.68 Å². The minimum absolute atomic E-state index is 0.782. The monoisotopic (exact) mass is 301 g/mol. The van der Waals surface area contributed by atoms with E-state index in [0.717, 1.165) is 34.1 Å². The Balaban J connectivity index is 1.68. The quantitative estimate of drug-likeness (QED) is 0.833. The average molecular weight is 301 g/mol. The van der Waals surface area contributed by atoms with Crippen LogP contribution in [0.1, 0.15) is 28.4 Å². The Hall–Kier alpha value is -2.21. The molecule has 6 heteroatoms. The van der Waals surface area contributed by atoms with E-state index in [1.54, 1.807) is 12.3 Å². The maximum atomic E-state index is 10.5. The lowest BCUT2D eigenvalue weighted by Crippen LogP contribution is -2.03. The molecule has 0 aromatic carbocycles. The van der Waals surface area contributed by atoms with Gasteiger partial charge in [-0.2, -0.15) is 5.10 Å². The molecule has 1 aliphatic carbocycles. The Labute approximate surface area is 126 Å². The highest BCUT2D eigenvalue weighted by atomic mass is 32.1. The van der Waals surface area contributed by atoms with Crippen molar-refractivity contribution in [2.45, 2.75) is 19.4 Å². The van der Waals surface area contributed by atoms with Crippen LogP contribution in [-0.2, 0) is 11.3 Å². The molecular formula is C15H15N3O2S. The standard InChI is InChI=1S/C15H15N3O2S/c19-15(20)6-4-13-9-16-14(21-13)5-3-12-7-8-17-18(12)10-11-1-2-11/h3-9,11H,1-2,10H2,(H,19,20)/b5-3+,6-4+. The Bertz CT molecular complexity index is 695. The summed E-state index contributed by atoms with van der Waals surface area (Å²) in [5, 5.41) is 13.8. The van der Waals surface area contributed by atoms with Crippen molar-refractivity contribution in [2.24, 2.45) is 5.92 Å². The molecular weight excluding hydrogens is 286 g/mol. The lowest BCUT2D eigenvalue weighted by molar-refractivity contribution is -0.131. The van der Waals surface area contributed by atoms with Crippen molar-refractivity contribution in [3.05, 3.63) is 40.1 Å². The van der Waals surface area contributed by atoms with Crippen molar-refractivity contribution in [2.75, 3.05) is 0 Å². The van der Waals surface area contributed by atoms with E-state index in [1.807, 2.05) is 29.1 Å². The van der Waals surface area contributed by atoms with E-state index in [2.05, 4.69) is 10.1 Å². The van der Waals surface area contributed by atoms with Crippen LogP contribution in [0, 0.1) is 5.92 Å². The first-order valence-corrected chi connectivity index (χ1v) is 7.59. The Kier molecular flexibility index (Phi) is 3.96. The van der Waals surface area contributed by atoms with Gasteiger partial charge in [-0.1, -0.05) is 0 Å². The fourth-order valence-corrected chi connectivity index (χ4v) is 2.67. The third-order valence-electron chi connectivity index (χ3n) is 3.21. The zero-order chi connectivity index (χ0) is 14.7. The number of carbonyl (C=O) groups is 1. The summed E-state index contributed by atoms with van der Waals surface area (Å²) < 4.78 is 2.02. The van der Waals surface area contributed by atoms with Crippen LogP contribution < -0.4 is 0 Å². The fourth-order valence-electron chi connectivity index (χ4n) is 1.95. The molecule has 2 aromatic rings. The third-order valence-corrected chi connectivity index (χ3v) is 4.13. The summed E-state index contributed by atoms with van der Waals surface area (Å²) in [5.41, 5.74) is 1.07. The van der Waals surface area contributed by atoms with Gasteiger partial charge in [0.25, 0.3) is 0 Å². The Morgan fingerprint density at radius 2 is 2.29 bits per heavy atom. The van der Waals surface area contributed by atoms with E-state index < -0.39 is 5.97 Å². The van der Waals surface area contributed by atoms with E-state index in [1.165, 1.54) is 24.2 Å². The molecule has 0 spiro atoms. The van der Waals surface area contributed by atoms with Crippen LogP contribution in [0.15, 0.2) is 24.5 Å². The topological polar surface area (TPSA) is 68.0 Å². The number of carboxylic acids is 1. The molecule has 1 N–H and O–H groups in total. The number of hydrogen-bond donors (Lipinski definition) is 1. The summed E-state index contributed by atoms with van der Waals surface area (Å²) in [6.45, 7) is 0.983. The number of rotatable bonds is 6. The number of hydrogen-bond acceptors (Lipinski definition) is 4. The molecule has 2 heterocycles. The molecule has 1 saturated carbocycles. The second-order valence-corrected chi connectivity index (χ2v) is 6.08. The normalized spacial score (nSPS) is 15.2. The summed E-state index contributed by atoms with van der Waals surface area (Å²) in [5.74, 6) is -0.172. The number of nitrogens with zero attached hydrogens (tertiary/aromatic N) is 3. The van der Waals surface area contributed by atoms with Crippen LogP contribution in [0.3, 0.4) is 0 Å². The number of thiazole rings is 1. The molecule has 21 heavy (non-hydrogen) atoms. The fraction of sp³-hybridized carbons (Fsp3) is 0.267. The van der Waals surface area contributed by atoms with Crippen molar-refractivity contribution in [1.82, 2.24) is 14.8 Å². The smallest absolute Gasteiger partial charge is 0.328 e. The van der Waals surface area contributed by atoms with Crippen LogP contribution >= 0.6 is 11.3 Å². The van der Waals surface area contributed by atoms with Gasteiger partial charge in [-0.25, -0.2) is 9.78 Å². The van der Waals surface area contributed by atoms with Crippen molar-refractivity contribution < 1.29 is 9.90 Å². The predicted octanol–water partition coefficient (Wildman–Crippen LogP) is 3.02. The van der Waals surface area contributed by atoms with Gasteiger partial charge in [0.1, 0.15) is 5.01 Å². The maximum Gasteiger partial charge on any atom is 0.328 e. The minimum atomic E-state index is -0.954. The molecule has 1 fully saturated rings. The second kappa shape index (κ2) is 6.05. The average Bonchev–Trinajstić information content (AvgIpc) is 2.98. The van der Waals surface area contributed by atoms with E-state index in [9.17, 15) is 4.79 Å². The molecule has 0 unspecified atom stereocenters. The number of carboxylic acid groups (broad SMARTS) is 1. The first kappa shape index (κ1) is 13.8. The lowest BCUT2D eigenvalue weighted by atomic mass is 10.3. The van der Waals surface area contributed by atoms with E-state index in [-0.39, 0.29) is 0 Å². The van der Waals surface area contributed by atoms with E-state index in [0.29, 0.717) is 0 Å². The van der Waals surface area contributed by atoms with Crippen LogP contribution in [0.4, 0.5) is 0 Å². The number of aromatic nitrogens is 3. The molecule has 0 atom stereocenters. The predicted molar refractivity (Wildman–Crippen MR) is 82.7 cm³/mol. The van der Waals surface area contributed by atoms with Crippen molar-refractivity contribution in [1.29, 1.82) is 0 Å². The van der Waals surface area contributed by atoms with Gasteiger partial charge in [0.2, 0.25) is 0 Å². The second-order valence-electron chi connectivity index (χ2n) is 4.99. The molecule has 0 amide bonds. The molecule has 0 saturated heterocycles. The van der Waals surface area contributed by atoms with Crippen LogP contribution in [-0.4, -0.2) is 25.8 Å². The highest BCUT2D eigenvalue weighted by Crippen LogP contribution is 2.30. The molecule has 3 rings (SSSR count). The Morgan fingerprint density at radius 1 is 1.43 bits per heavy atom. The lowest BCUT2D eigenvalue weighted by Gasteiger charge is -2.01. The largest absolute Gasteiger partial charge is 0.478 e. The molecule has 108 valence electrons. The first-order chi connectivity index (χ1) is 10.2. The molecule has 1 aliphatic rings. The zero-order valence-electron chi connectivity index (χ0n) is 11.3. The summed E-state index contributed by atoms with van der Waals surface area (Å²) in [6.07, 6.45) is 12.7. The molecule has 0 bridgehead atoms. The van der Waals surface area contributed by atoms with Gasteiger partial charge in [-0.05, 0) is 43.1 Å². The van der Waals surface area contributed by atoms with Gasteiger partial charge in [0, 0.05) is 29.9 Å². The van der Waals surface area contributed by atoms with Crippen molar-refractivity contribution in [3.63, 3.8) is 0 Å². The van der Waals surface area contributed by atoms with Gasteiger partial charge in [0.05, 0.1) is 5.69 Å². The van der Waals surface area contributed by atoms with Crippen molar-refractivity contribution >= 4 is 35.5 Å². The van der Waals surface area contributed by atoms with Crippen LogP contribution in [0.5, 0.6) is 0 Å². The van der Waals surface area contributed by atoms with Gasteiger partial charge >= 0.3 is 5.97 Å². The van der Waals surface area contributed by atoms with Gasteiger partial charge < -0.3 is 5.11 Å². The highest BCUT2D eigenvalue weighted by molar-refractivity contribution is 7.13. The van der Waals surface area contributed by atoms with Crippen molar-refractivity contribution in [3.8, 4) is 0 Å². The number of aliphatic carboxylic acids is 1. The van der Waals surface area contributed by atoms with Gasteiger partial charge in [0.15, 0.2) is 0 Å². The third kappa shape index (κ3) is 3.88. The first-order valence-electron chi connectivity index (χ1n) is 6.77. The summed E-state index contributed by atoms with van der Waals surface area (Å²) in [4.78, 5) is 15.5. The summed E-state index contributed by atoms with van der Waals surface area (Å²) >= 11 is 1.45. The molecule has 0 radical (unpaired) electrons. The maximum absolute atomic E-state index is 10.5. The summed E-state index contributed by atoms with van der Waals surface area (Å²) in [6, 6.07) is 1.98. The summed E-state index contributed by atoms with van der Waals surface area (Å²) in [7, 11) is 0. The zero-order valence-corrected chi connectivity index (χ0v) is 12.2. The van der Waals surface area contributed by atoms with Crippen LogP contribution in [0.25, 0.3) is 18.2 Å².